The lowest BCUT2D eigenvalue weighted by Gasteiger charge is -2.28. The highest BCUT2D eigenvalue weighted by molar-refractivity contribution is 7.99. The molecule has 0 radical (unpaired) electrons. The quantitative estimate of drug-likeness (QED) is 0.389. The van der Waals surface area contributed by atoms with E-state index in [0.29, 0.717) is 28.5 Å². The molecule has 4 aromatic rings. The molecule has 1 aliphatic heterocycles. The van der Waals surface area contributed by atoms with E-state index < -0.39 is 0 Å². The van der Waals surface area contributed by atoms with Gasteiger partial charge in [-0.1, -0.05) is 54.2 Å². The first-order chi connectivity index (χ1) is 16.4. The van der Waals surface area contributed by atoms with Gasteiger partial charge in [0.25, 0.3) is 5.56 Å². The topological polar surface area (TPSA) is 73.0 Å². The van der Waals surface area contributed by atoms with E-state index in [1.54, 1.807) is 15.4 Å². The minimum absolute atomic E-state index is 0.0414. The Hall–Kier alpha value is -3.39. The fourth-order valence-corrected chi connectivity index (χ4v) is 5.52. The Balaban J connectivity index is 1.44. The molecule has 2 aromatic heterocycles. The van der Waals surface area contributed by atoms with Gasteiger partial charge in [0.2, 0.25) is 5.91 Å². The first-order valence-corrected chi connectivity index (χ1v) is 12.4. The van der Waals surface area contributed by atoms with E-state index in [1.807, 2.05) is 80.3 Å². The molecule has 2 aromatic carbocycles. The summed E-state index contributed by atoms with van der Waals surface area (Å²) in [5, 5.41) is 5.56. The number of carbonyl (C=O) groups excluding carboxylic acids is 1. The number of aryl methyl sites for hydroxylation is 1. The van der Waals surface area contributed by atoms with Gasteiger partial charge in [-0.05, 0) is 44.0 Å². The van der Waals surface area contributed by atoms with Crippen LogP contribution in [-0.4, -0.2) is 41.9 Å². The summed E-state index contributed by atoms with van der Waals surface area (Å²) in [6.07, 6.45) is 1.85. The largest absolute Gasteiger partial charge is 0.336 e. The summed E-state index contributed by atoms with van der Waals surface area (Å²) < 4.78 is 3.40. The van der Waals surface area contributed by atoms with Crippen LogP contribution < -0.4 is 5.56 Å². The SMILES string of the molecule is Cc1cccc(-n2ncc3c(=O)n4c(nc32)SCC4CC(=O)N(Cc2ccccc2)C(C)C)c1. The van der Waals surface area contributed by atoms with Crippen molar-refractivity contribution in [3.05, 3.63) is 82.3 Å². The molecule has 0 fully saturated rings. The molecule has 5 rings (SSSR count). The number of thioether (sulfide) groups is 1. The number of carbonyl (C=O) groups is 1. The third-order valence-electron chi connectivity index (χ3n) is 6.17. The molecule has 0 spiro atoms. The molecule has 3 heterocycles. The summed E-state index contributed by atoms with van der Waals surface area (Å²) >= 11 is 1.52. The molecule has 7 nitrogen and oxygen atoms in total. The second-order valence-corrected chi connectivity index (χ2v) is 9.96. The highest BCUT2D eigenvalue weighted by Gasteiger charge is 2.31. The second-order valence-electron chi connectivity index (χ2n) is 8.97. The number of amides is 1. The first kappa shape index (κ1) is 22.4. The van der Waals surface area contributed by atoms with E-state index in [4.69, 9.17) is 4.98 Å². The van der Waals surface area contributed by atoms with Crippen LogP contribution in [-0.2, 0) is 11.3 Å². The standard InChI is InChI=1S/C26H27N5O2S/c1-17(2)29(15-19-9-5-4-6-10-19)23(32)13-21-16-34-26-28-24-22(25(33)30(21)26)14-27-31(24)20-11-7-8-18(3)12-20/h4-12,14,17,21H,13,15-16H2,1-3H3. The molecule has 1 amide bonds. The molecule has 0 aliphatic carbocycles. The van der Waals surface area contributed by atoms with Gasteiger partial charge in [0.05, 0.1) is 17.9 Å². The zero-order chi connectivity index (χ0) is 23.8. The van der Waals surface area contributed by atoms with Crippen molar-refractivity contribution in [2.75, 3.05) is 5.75 Å². The van der Waals surface area contributed by atoms with Gasteiger partial charge >= 0.3 is 0 Å². The molecule has 0 N–H and O–H groups in total. The summed E-state index contributed by atoms with van der Waals surface area (Å²) in [6, 6.07) is 17.8. The molecule has 0 saturated heterocycles. The van der Waals surface area contributed by atoms with Crippen molar-refractivity contribution in [2.45, 2.75) is 51.0 Å². The lowest BCUT2D eigenvalue weighted by Crippen LogP contribution is -2.38. The Morgan fingerprint density at radius 2 is 1.97 bits per heavy atom. The zero-order valence-corrected chi connectivity index (χ0v) is 20.3. The number of hydrogen-bond donors (Lipinski definition) is 0. The molecular formula is C26H27N5O2S. The van der Waals surface area contributed by atoms with Crippen molar-refractivity contribution < 1.29 is 4.79 Å². The Morgan fingerprint density at radius 1 is 1.18 bits per heavy atom. The van der Waals surface area contributed by atoms with Crippen LogP contribution in [0.4, 0.5) is 0 Å². The maximum Gasteiger partial charge on any atom is 0.265 e. The summed E-state index contributed by atoms with van der Waals surface area (Å²) in [4.78, 5) is 33.4. The van der Waals surface area contributed by atoms with Crippen LogP contribution in [0.15, 0.2) is 70.7 Å². The van der Waals surface area contributed by atoms with Crippen LogP contribution in [0.5, 0.6) is 0 Å². The van der Waals surface area contributed by atoms with Gasteiger partial charge in [0.15, 0.2) is 10.8 Å². The van der Waals surface area contributed by atoms with Gasteiger partial charge in [-0.25, -0.2) is 9.67 Å². The highest BCUT2D eigenvalue weighted by Crippen LogP contribution is 2.34. The number of rotatable bonds is 6. The van der Waals surface area contributed by atoms with Crippen molar-refractivity contribution in [3.63, 3.8) is 0 Å². The average Bonchev–Trinajstić information content (AvgIpc) is 3.43. The van der Waals surface area contributed by atoms with E-state index in [-0.39, 0.29) is 30.0 Å². The fourth-order valence-electron chi connectivity index (χ4n) is 4.39. The van der Waals surface area contributed by atoms with Crippen molar-refractivity contribution in [1.82, 2.24) is 24.2 Å². The van der Waals surface area contributed by atoms with Crippen molar-refractivity contribution >= 4 is 28.7 Å². The third-order valence-corrected chi connectivity index (χ3v) is 7.26. The molecule has 8 heteroatoms. The predicted octanol–water partition coefficient (Wildman–Crippen LogP) is 4.36. The maximum absolute atomic E-state index is 13.4. The summed E-state index contributed by atoms with van der Waals surface area (Å²) in [5.41, 5.74) is 3.48. The molecule has 1 atom stereocenters. The van der Waals surface area contributed by atoms with E-state index in [2.05, 4.69) is 5.10 Å². The number of hydrogen-bond acceptors (Lipinski definition) is 5. The van der Waals surface area contributed by atoms with E-state index >= 15 is 0 Å². The highest BCUT2D eigenvalue weighted by atomic mass is 32.2. The second kappa shape index (κ2) is 9.10. The number of benzene rings is 2. The van der Waals surface area contributed by atoms with E-state index in [0.717, 1.165) is 16.8 Å². The first-order valence-electron chi connectivity index (χ1n) is 11.5. The lowest BCUT2D eigenvalue weighted by molar-refractivity contribution is -0.134. The fraction of sp³-hybridized carbons (Fsp3) is 0.308. The summed E-state index contributed by atoms with van der Waals surface area (Å²) in [7, 11) is 0. The van der Waals surface area contributed by atoms with Gasteiger partial charge in [0, 0.05) is 24.8 Å². The normalized spacial score (nSPS) is 15.1. The Bertz CT molecular complexity index is 1410. The van der Waals surface area contributed by atoms with Gasteiger partial charge in [-0.2, -0.15) is 5.10 Å². The average molecular weight is 474 g/mol. The Labute approximate surface area is 202 Å². The third kappa shape index (κ3) is 4.14. The minimum Gasteiger partial charge on any atom is -0.336 e. The van der Waals surface area contributed by atoms with E-state index in [1.165, 1.54) is 11.8 Å². The smallest absolute Gasteiger partial charge is 0.265 e. The maximum atomic E-state index is 13.4. The van der Waals surface area contributed by atoms with Crippen LogP contribution in [0.25, 0.3) is 16.7 Å². The predicted molar refractivity (Wildman–Crippen MR) is 134 cm³/mol. The van der Waals surface area contributed by atoms with Crippen LogP contribution in [0, 0.1) is 6.92 Å². The van der Waals surface area contributed by atoms with Crippen molar-refractivity contribution in [3.8, 4) is 5.69 Å². The summed E-state index contributed by atoms with van der Waals surface area (Å²) in [5.74, 6) is 0.690. The minimum atomic E-state index is -0.226. The van der Waals surface area contributed by atoms with Crippen LogP contribution in [0.1, 0.15) is 37.4 Å². The monoisotopic (exact) mass is 473 g/mol. The van der Waals surface area contributed by atoms with Crippen LogP contribution >= 0.6 is 11.8 Å². The van der Waals surface area contributed by atoms with Gasteiger partial charge in [-0.3, -0.25) is 14.2 Å². The zero-order valence-electron chi connectivity index (χ0n) is 19.5. The Morgan fingerprint density at radius 3 is 2.71 bits per heavy atom. The van der Waals surface area contributed by atoms with Crippen LogP contribution in [0.2, 0.25) is 0 Å². The molecule has 1 aliphatic rings. The molecule has 34 heavy (non-hydrogen) atoms. The molecule has 0 bridgehead atoms. The Kier molecular flexibility index (Phi) is 6.00. The summed E-state index contributed by atoms with van der Waals surface area (Å²) in [6.45, 7) is 6.62. The van der Waals surface area contributed by atoms with Gasteiger partial charge in [0.1, 0.15) is 5.39 Å². The van der Waals surface area contributed by atoms with E-state index in [9.17, 15) is 9.59 Å². The molecule has 0 saturated carbocycles. The number of fused-ring (bicyclic) bond motifs is 2. The number of nitrogens with zero attached hydrogens (tertiary/aromatic N) is 5. The molecule has 174 valence electrons. The van der Waals surface area contributed by atoms with Crippen LogP contribution in [0.3, 0.4) is 0 Å². The molecular weight excluding hydrogens is 446 g/mol. The molecule has 1 unspecified atom stereocenters. The van der Waals surface area contributed by atoms with Gasteiger partial charge in [-0.15, -0.1) is 0 Å². The van der Waals surface area contributed by atoms with Gasteiger partial charge < -0.3 is 4.90 Å². The van der Waals surface area contributed by atoms with Crippen molar-refractivity contribution in [2.24, 2.45) is 0 Å². The lowest BCUT2D eigenvalue weighted by atomic mass is 10.1. The van der Waals surface area contributed by atoms with Crippen molar-refractivity contribution in [1.29, 1.82) is 0 Å². The number of aromatic nitrogens is 4.